The number of aliphatic hydroxyl groups is 2. The van der Waals surface area contributed by atoms with Crippen LogP contribution >= 0.6 is 23.5 Å². The third-order valence-corrected chi connectivity index (χ3v) is 19.1. The molecular weight excluding hydrogens is 1290 g/mol. The second kappa shape index (κ2) is 26.2. The number of aromatic nitrogens is 14. The van der Waals surface area contributed by atoms with Crippen molar-refractivity contribution >= 4 is 86.1 Å². The monoisotopic (exact) mass is 1350 g/mol. The van der Waals surface area contributed by atoms with E-state index in [0.29, 0.717) is 34.4 Å². The van der Waals surface area contributed by atoms with Crippen molar-refractivity contribution in [2.45, 2.75) is 99.0 Å². The first kappa shape index (κ1) is 65.3. The van der Waals surface area contributed by atoms with Gasteiger partial charge in [0.2, 0.25) is 11.9 Å². The van der Waals surface area contributed by atoms with Gasteiger partial charge in [0.05, 0.1) is 70.3 Å². The predicted molar refractivity (Wildman–Crippen MR) is 305 cm³/mol. The van der Waals surface area contributed by atoms with E-state index in [1.54, 1.807) is 9.47 Å². The van der Waals surface area contributed by atoms with Crippen molar-refractivity contribution in [3.8, 4) is 0 Å². The van der Waals surface area contributed by atoms with Gasteiger partial charge in [0.1, 0.15) is 91.1 Å². The van der Waals surface area contributed by atoms with Gasteiger partial charge in [-0.1, -0.05) is 6.08 Å². The van der Waals surface area contributed by atoms with Gasteiger partial charge >= 0.3 is 0 Å². The summed E-state index contributed by atoms with van der Waals surface area (Å²) in [6.45, 7) is -3.80. The van der Waals surface area contributed by atoms with E-state index < -0.39 is 146 Å². The molecule has 1 aliphatic carbocycles. The van der Waals surface area contributed by atoms with Crippen LogP contribution in [0.15, 0.2) is 47.3 Å². The lowest BCUT2D eigenvalue weighted by Gasteiger charge is -2.33. The van der Waals surface area contributed by atoms with Gasteiger partial charge in [-0.2, -0.15) is 9.97 Å². The van der Waals surface area contributed by atoms with Gasteiger partial charge in [-0.05, 0) is 12.0 Å². The Morgan fingerprint density at radius 2 is 1.18 bits per heavy atom. The molecule has 4 saturated heterocycles. The molecule has 0 aromatic carbocycles. The lowest BCUT2D eigenvalue weighted by atomic mass is 10.1. The molecule has 0 spiro atoms. The highest BCUT2D eigenvalue weighted by Gasteiger charge is 2.52. The van der Waals surface area contributed by atoms with E-state index in [4.69, 9.17) is 78.5 Å². The smallest absolute Gasteiger partial charge is 0.280 e. The third-order valence-electron chi connectivity index (χ3n) is 16.2. The molecule has 4 fully saturated rings. The van der Waals surface area contributed by atoms with Crippen LogP contribution in [-0.2, 0) is 88.8 Å². The van der Waals surface area contributed by atoms with Gasteiger partial charge in [-0.25, -0.2) is 34.9 Å². The Labute approximate surface area is 517 Å². The summed E-state index contributed by atoms with van der Waals surface area (Å²) in [6.07, 6.45) is -9.16. The van der Waals surface area contributed by atoms with Gasteiger partial charge < -0.3 is 113 Å². The Kier molecular flexibility index (Phi) is 18.6. The number of aliphatic hydroxyl groups excluding tert-OH is 2. The molecule has 17 atom stereocenters. The van der Waals surface area contributed by atoms with Crippen molar-refractivity contribution < 1.29 is 94.2 Å². The van der Waals surface area contributed by atoms with Crippen LogP contribution in [0.4, 0.5) is 23.5 Å². The van der Waals surface area contributed by atoms with Gasteiger partial charge in [0.25, 0.3) is 34.6 Å². The van der Waals surface area contributed by atoms with Crippen LogP contribution in [0.2, 0.25) is 0 Å². The van der Waals surface area contributed by atoms with Crippen LogP contribution in [-0.4, -0.2) is 224 Å². The zero-order valence-electron chi connectivity index (χ0n) is 48.6. The average molecular weight is 1350 g/mol. The van der Waals surface area contributed by atoms with Crippen LogP contribution in [0.1, 0.15) is 17.5 Å². The molecule has 12 N–H and O–H groups in total. The number of nitrogens with two attached hydrogens (primary N) is 4. The average Bonchev–Trinajstić information content (AvgIpc) is 1.99. The highest BCUT2D eigenvalue weighted by atomic mass is 31.2. The summed E-state index contributed by atoms with van der Waals surface area (Å²) in [5.41, 5.74) is 24.6. The number of aromatic amines is 2. The Morgan fingerprint density at radius 3 is 1.87 bits per heavy atom. The second-order valence-corrected chi connectivity index (χ2v) is 26.0. The second-order valence-electron chi connectivity index (χ2n) is 21.9. The van der Waals surface area contributed by atoms with Crippen molar-refractivity contribution in [3.05, 3.63) is 69.7 Å². The number of rotatable bonds is 26. The lowest BCUT2D eigenvalue weighted by Crippen LogP contribution is -2.40. The first-order valence-corrected chi connectivity index (χ1v) is 32.4. The van der Waals surface area contributed by atoms with E-state index in [0.717, 1.165) is 0 Å². The first-order valence-electron chi connectivity index (χ1n) is 28.1. The molecule has 5 aliphatic rings. The normalized spacial score (nSPS) is 29.5. The number of fused-ring (bicyclic) bond motifs is 4. The van der Waals surface area contributed by atoms with E-state index in [1.165, 1.54) is 62.1 Å². The topological polar surface area (TPSA) is 575 Å². The number of imidazole rings is 3. The summed E-state index contributed by atoms with van der Waals surface area (Å²) in [7, 11) is -12.9. The standard InChI is InChI=1S/C48H64N19O22P3/c1-78-34-24(9-65-17-57-30-40(50)55-16-56-41(30)65)84-27(33(34)69)13-82-92(76,77)89-37-28(85-25(35(37)79-2)10-66-18-58-31-42(66)60-47(51)62-44(31)70)14-83-90(72,73)87-23-8-64(6-20-4-5-22-29(20)53-15-54-39(22)49)7-21(23)12-81-91(74,75)88-36-26(11-68)86-46(38(36)80-3)67-19-59-32-43(67)61-48(52)63-45(32)71/h4,15-19,21,23-28,33-38,46,68-69H,5-14H2,1-3H3,(H,72,73)(H,74,75)(H,76,77)(H2,49,53,54)(H2,50,55,56)(H3,51,60,62,70)(H3,52,61,63,71)/p-3/t21-,23?,24+,25+,26-,27-,28-,33?,34-,35-,36?,37?,38+,46-/m1/s1. The minimum atomic E-state index is -5.61. The predicted octanol–water partition coefficient (Wildman–Crippen LogP) is -4.78. The summed E-state index contributed by atoms with van der Waals surface area (Å²) in [6, 6.07) is 0. The van der Waals surface area contributed by atoms with Crippen LogP contribution < -0.4 is 48.7 Å². The lowest BCUT2D eigenvalue weighted by molar-refractivity contribution is -0.239. The number of phosphoric acid groups is 3. The molecule has 0 saturated carbocycles. The van der Waals surface area contributed by atoms with Crippen molar-refractivity contribution in [2.75, 3.05) is 90.3 Å². The molecule has 12 rings (SSSR count). The Balaban J connectivity index is 0.756. The maximum absolute atomic E-state index is 14.2. The van der Waals surface area contributed by atoms with Crippen LogP contribution in [0, 0.1) is 5.92 Å². The van der Waals surface area contributed by atoms with E-state index in [1.807, 2.05) is 6.08 Å². The number of hydrogen-bond donors (Lipinski definition) is 8. The molecular formula is C48H61N19O22P3-3. The summed E-state index contributed by atoms with van der Waals surface area (Å²) < 4.78 is 115. The molecule has 44 heteroatoms. The Morgan fingerprint density at radius 1 is 0.620 bits per heavy atom. The fraction of sp³-hybridized carbons (Fsp3) is 0.562. The summed E-state index contributed by atoms with van der Waals surface area (Å²) in [5, 5.41) is 21.7. The van der Waals surface area contributed by atoms with E-state index >= 15 is 0 Å². The molecule has 11 heterocycles. The molecule has 4 aliphatic heterocycles. The van der Waals surface area contributed by atoms with Gasteiger partial charge in [0.15, 0.2) is 40.0 Å². The Bertz CT molecular complexity index is 4180. The SMILES string of the molecule is CO[C@H]1C(O)[C@@H](COP(=O)([O-])OC2[C@@H](COP(=O)([O-])OC3CN(CC4=CCc5c(N)ncnc54)C[C@@H]3COP(=O)([O-])OC3[C@@H](CO)O[C@@H](n4cnc5c(=O)[nH]c(N)nc54)[C@H]3OC)O[C@@H](Cn3cnc4c(=O)[nH]c(N)nc43)[C@H]2OC)O[C@H]1Cn1cnc2c(N)ncnc21. The number of nitrogen functional groups attached to an aromatic ring is 4. The number of methoxy groups -OCH3 is 3. The highest BCUT2D eigenvalue weighted by Crippen LogP contribution is 2.50. The number of anilines is 4. The van der Waals surface area contributed by atoms with Crippen molar-refractivity contribution in [2.24, 2.45) is 5.92 Å². The number of allylic oxidation sites excluding steroid dienone is 1. The molecule has 0 bridgehead atoms. The number of nitrogens with zero attached hydrogens (tertiary/aromatic N) is 13. The molecule has 7 aromatic heterocycles. The molecule has 7 aromatic rings. The van der Waals surface area contributed by atoms with Crippen molar-refractivity contribution in [1.82, 2.24) is 73.4 Å². The van der Waals surface area contributed by atoms with E-state index in [-0.39, 0.29) is 78.6 Å². The zero-order valence-corrected chi connectivity index (χ0v) is 51.3. The molecule has 498 valence electrons. The van der Waals surface area contributed by atoms with E-state index in [9.17, 15) is 48.2 Å². The highest BCUT2D eigenvalue weighted by molar-refractivity contribution is 7.46. The number of hydrogen-bond acceptors (Lipinski definition) is 36. The molecule has 92 heavy (non-hydrogen) atoms. The Hall–Kier alpha value is -6.76. The van der Waals surface area contributed by atoms with Crippen molar-refractivity contribution in [1.29, 1.82) is 0 Å². The molecule has 0 amide bonds. The summed E-state index contributed by atoms with van der Waals surface area (Å²) in [4.78, 5) is 111. The minimum absolute atomic E-state index is 0.00795. The number of H-pyrrole nitrogens is 2. The van der Waals surface area contributed by atoms with Crippen LogP contribution in [0.5, 0.6) is 0 Å². The zero-order chi connectivity index (χ0) is 65.1. The third kappa shape index (κ3) is 13.2. The fourth-order valence-electron chi connectivity index (χ4n) is 12.0. The van der Waals surface area contributed by atoms with Gasteiger partial charge in [0, 0.05) is 52.4 Å². The van der Waals surface area contributed by atoms with Crippen LogP contribution in [0.3, 0.4) is 0 Å². The fourth-order valence-corrected chi connectivity index (χ4v) is 14.9. The summed E-state index contributed by atoms with van der Waals surface area (Å²) >= 11 is 0. The largest absolute Gasteiger partial charge is 0.756 e. The maximum Gasteiger partial charge on any atom is 0.280 e. The quantitative estimate of drug-likeness (QED) is 0.0236. The number of phosphoric ester groups is 3. The number of ether oxygens (including phenoxy) is 6. The van der Waals surface area contributed by atoms with Gasteiger partial charge in [-0.3, -0.25) is 42.7 Å². The number of likely N-dealkylation sites (tertiary alicyclic amines) is 1. The summed E-state index contributed by atoms with van der Waals surface area (Å²) in [5.74, 6) is -1.24. The number of nitrogens with one attached hydrogen (secondary N) is 2. The molecule has 7 unspecified atom stereocenters. The van der Waals surface area contributed by atoms with Gasteiger partial charge in [-0.15, -0.1) is 0 Å². The molecule has 41 nitrogen and oxygen atoms in total. The molecule has 0 radical (unpaired) electrons. The minimum Gasteiger partial charge on any atom is -0.756 e. The first-order chi connectivity index (χ1) is 43.9. The maximum atomic E-state index is 14.2. The van der Waals surface area contributed by atoms with Crippen LogP contribution in [0.25, 0.3) is 39.1 Å². The van der Waals surface area contributed by atoms with E-state index in [2.05, 4.69) is 54.8 Å². The van der Waals surface area contributed by atoms with Crippen molar-refractivity contribution in [3.63, 3.8) is 0 Å².